The number of hydrogen-bond donors (Lipinski definition) is 1. The number of nitrogens with zero attached hydrogens (tertiary/aromatic N) is 2. The van der Waals surface area contributed by atoms with Gasteiger partial charge in [0.05, 0.1) is 13.0 Å². The van der Waals surface area contributed by atoms with E-state index in [2.05, 4.69) is 16.8 Å². The average Bonchev–Trinajstić information content (AvgIpc) is 2.77. The van der Waals surface area contributed by atoms with E-state index in [-0.39, 0.29) is 6.42 Å². The highest BCUT2D eigenvalue weighted by Gasteiger charge is 2.16. The van der Waals surface area contributed by atoms with Crippen molar-refractivity contribution >= 4 is 17.3 Å². The van der Waals surface area contributed by atoms with E-state index in [0.29, 0.717) is 6.42 Å². The van der Waals surface area contributed by atoms with Crippen LogP contribution >= 0.6 is 11.3 Å². The quantitative estimate of drug-likeness (QED) is 0.891. The minimum Gasteiger partial charge on any atom is -0.481 e. The average molecular weight is 268 g/mol. The summed E-state index contributed by atoms with van der Waals surface area (Å²) in [5.41, 5.74) is 0. The van der Waals surface area contributed by atoms with E-state index in [1.54, 1.807) is 11.3 Å². The standard InChI is InChI=1S/C13H20N2O2S/c1-10-4-6-15(7-5-10)9-12-14-8-11(18-12)2-3-13(16)17/h8,10H,2-7,9H2,1H3,(H,16,17). The number of carboxylic acid groups (broad SMARTS) is 1. The molecule has 0 unspecified atom stereocenters. The molecule has 4 nitrogen and oxygen atoms in total. The maximum atomic E-state index is 10.5. The van der Waals surface area contributed by atoms with E-state index in [1.165, 1.54) is 12.8 Å². The Morgan fingerprint density at radius 3 is 2.94 bits per heavy atom. The lowest BCUT2D eigenvalue weighted by Gasteiger charge is -2.29. The molecule has 2 heterocycles. The summed E-state index contributed by atoms with van der Waals surface area (Å²) in [6.07, 6.45) is 5.18. The van der Waals surface area contributed by atoms with E-state index in [1.807, 2.05) is 6.20 Å². The molecule has 0 atom stereocenters. The number of hydrogen-bond acceptors (Lipinski definition) is 4. The first-order valence-electron chi connectivity index (χ1n) is 6.51. The molecule has 0 amide bonds. The fraction of sp³-hybridized carbons (Fsp3) is 0.692. The Morgan fingerprint density at radius 2 is 2.28 bits per heavy atom. The van der Waals surface area contributed by atoms with Crippen molar-refractivity contribution < 1.29 is 9.90 Å². The van der Waals surface area contributed by atoms with Gasteiger partial charge in [0.15, 0.2) is 0 Å². The van der Waals surface area contributed by atoms with E-state index < -0.39 is 5.97 Å². The van der Waals surface area contributed by atoms with Crippen LogP contribution in [0.25, 0.3) is 0 Å². The Kier molecular flexibility index (Phi) is 4.72. The van der Waals surface area contributed by atoms with Gasteiger partial charge in [0.1, 0.15) is 5.01 Å². The zero-order valence-electron chi connectivity index (χ0n) is 10.8. The predicted octanol–water partition coefficient (Wildman–Crippen LogP) is 2.39. The van der Waals surface area contributed by atoms with E-state index in [0.717, 1.165) is 35.4 Å². The highest BCUT2D eigenvalue weighted by atomic mass is 32.1. The monoisotopic (exact) mass is 268 g/mol. The van der Waals surface area contributed by atoms with Crippen LogP contribution in [-0.2, 0) is 17.8 Å². The van der Waals surface area contributed by atoms with Crippen LogP contribution in [0.4, 0.5) is 0 Å². The second-order valence-electron chi connectivity index (χ2n) is 5.07. The predicted molar refractivity (Wildman–Crippen MR) is 71.7 cm³/mol. The molecule has 5 heteroatoms. The number of aromatic nitrogens is 1. The molecule has 0 aromatic carbocycles. The number of rotatable bonds is 5. The van der Waals surface area contributed by atoms with Gasteiger partial charge in [-0.3, -0.25) is 9.69 Å². The third kappa shape index (κ3) is 4.07. The molecule has 0 spiro atoms. The molecule has 0 bridgehead atoms. The minimum atomic E-state index is -0.741. The van der Waals surface area contributed by atoms with Crippen LogP contribution in [0.2, 0.25) is 0 Å². The van der Waals surface area contributed by atoms with Crippen LogP contribution in [0.1, 0.15) is 36.1 Å². The van der Waals surface area contributed by atoms with Gasteiger partial charge in [-0.2, -0.15) is 0 Å². The van der Waals surface area contributed by atoms with Crippen molar-refractivity contribution in [3.63, 3.8) is 0 Å². The summed E-state index contributed by atoms with van der Waals surface area (Å²) in [6, 6.07) is 0. The van der Waals surface area contributed by atoms with Gasteiger partial charge in [-0.25, -0.2) is 4.98 Å². The normalized spacial score (nSPS) is 18.1. The molecule has 1 aromatic rings. The third-order valence-corrected chi connectivity index (χ3v) is 4.46. The summed E-state index contributed by atoms with van der Waals surface area (Å²) < 4.78 is 0. The molecule has 100 valence electrons. The molecule has 2 rings (SSSR count). The topological polar surface area (TPSA) is 53.4 Å². The van der Waals surface area contributed by atoms with Crippen LogP contribution < -0.4 is 0 Å². The van der Waals surface area contributed by atoms with Crippen LogP contribution in [0, 0.1) is 5.92 Å². The summed E-state index contributed by atoms with van der Waals surface area (Å²) in [7, 11) is 0. The molecular weight excluding hydrogens is 248 g/mol. The molecule has 1 aliphatic heterocycles. The number of aliphatic carboxylic acids is 1. The maximum absolute atomic E-state index is 10.5. The summed E-state index contributed by atoms with van der Waals surface area (Å²) >= 11 is 1.65. The molecule has 1 aliphatic rings. The minimum absolute atomic E-state index is 0.197. The molecule has 0 aliphatic carbocycles. The van der Waals surface area contributed by atoms with Crippen molar-refractivity contribution in [2.24, 2.45) is 5.92 Å². The van der Waals surface area contributed by atoms with Crippen molar-refractivity contribution in [3.8, 4) is 0 Å². The lowest BCUT2D eigenvalue weighted by atomic mass is 9.99. The first kappa shape index (κ1) is 13.5. The van der Waals surface area contributed by atoms with E-state index in [4.69, 9.17) is 5.11 Å². The lowest BCUT2D eigenvalue weighted by molar-refractivity contribution is -0.136. The first-order valence-corrected chi connectivity index (χ1v) is 7.33. The second kappa shape index (κ2) is 6.29. The van der Waals surface area contributed by atoms with Gasteiger partial charge in [0, 0.05) is 11.1 Å². The fourth-order valence-electron chi connectivity index (χ4n) is 2.18. The lowest BCUT2D eigenvalue weighted by Crippen LogP contribution is -2.32. The van der Waals surface area contributed by atoms with Crippen molar-refractivity contribution in [2.75, 3.05) is 13.1 Å². The van der Waals surface area contributed by atoms with Gasteiger partial charge >= 0.3 is 5.97 Å². The maximum Gasteiger partial charge on any atom is 0.303 e. The SMILES string of the molecule is CC1CCN(Cc2ncc(CCC(=O)O)s2)CC1. The molecule has 1 N–H and O–H groups in total. The summed E-state index contributed by atoms with van der Waals surface area (Å²) in [5, 5.41) is 9.76. The molecule has 1 saturated heterocycles. The van der Waals surface area contributed by atoms with Crippen LogP contribution in [0.5, 0.6) is 0 Å². The number of likely N-dealkylation sites (tertiary alicyclic amines) is 1. The molecule has 1 aromatic heterocycles. The van der Waals surface area contributed by atoms with Gasteiger partial charge in [-0.15, -0.1) is 11.3 Å². The van der Waals surface area contributed by atoms with Crippen molar-refractivity contribution in [1.29, 1.82) is 0 Å². The Morgan fingerprint density at radius 1 is 1.56 bits per heavy atom. The van der Waals surface area contributed by atoms with Crippen LogP contribution in [0.15, 0.2) is 6.20 Å². The number of thiazole rings is 1. The molecule has 18 heavy (non-hydrogen) atoms. The van der Waals surface area contributed by atoms with Crippen molar-refractivity contribution in [1.82, 2.24) is 9.88 Å². The molecule has 0 saturated carbocycles. The Bertz CT molecular complexity index is 397. The van der Waals surface area contributed by atoms with Gasteiger partial charge in [0.25, 0.3) is 0 Å². The first-order chi connectivity index (χ1) is 8.63. The summed E-state index contributed by atoms with van der Waals surface area (Å²) in [6.45, 7) is 5.55. The van der Waals surface area contributed by atoms with Crippen LogP contribution in [0.3, 0.4) is 0 Å². The van der Waals surface area contributed by atoms with Crippen molar-refractivity contribution in [3.05, 3.63) is 16.1 Å². The Labute approximate surface area is 112 Å². The Balaban J connectivity index is 1.81. The second-order valence-corrected chi connectivity index (χ2v) is 6.27. The highest BCUT2D eigenvalue weighted by molar-refractivity contribution is 7.11. The zero-order valence-corrected chi connectivity index (χ0v) is 11.6. The largest absolute Gasteiger partial charge is 0.481 e. The van der Waals surface area contributed by atoms with Crippen molar-refractivity contribution in [2.45, 2.75) is 39.2 Å². The van der Waals surface area contributed by atoms with E-state index >= 15 is 0 Å². The fourth-order valence-corrected chi connectivity index (χ4v) is 3.14. The smallest absolute Gasteiger partial charge is 0.303 e. The number of carbonyl (C=O) groups is 1. The van der Waals surface area contributed by atoms with Gasteiger partial charge in [-0.1, -0.05) is 6.92 Å². The summed E-state index contributed by atoms with van der Waals surface area (Å²) in [4.78, 5) is 18.4. The van der Waals surface area contributed by atoms with Gasteiger partial charge in [0.2, 0.25) is 0 Å². The molecule has 0 radical (unpaired) electrons. The Hall–Kier alpha value is -0.940. The van der Waals surface area contributed by atoms with Gasteiger partial charge < -0.3 is 5.11 Å². The van der Waals surface area contributed by atoms with E-state index in [9.17, 15) is 4.79 Å². The third-order valence-electron chi connectivity index (χ3n) is 3.42. The number of piperidine rings is 1. The number of aryl methyl sites for hydroxylation is 1. The number of carboxylic acids is 1. The highest BCUT2D eigenvalue weighted by Crippen LogP contribution is 2.21. The van der Waals surface area contributed by atoms with Crippen LogP contribution in [-0.4, -0.2) is 34.0 Å². The molecule has 1 fully saturated rings. The van der Waals surface area contributed by atoms with Gasteiger partial charge in [-0.05, 0) is 38.3 Å². The molecular formula is C13H20N2O2S. The summed E-state index contributed by atoms with van der Waals surface area (Å²) in [5.74, 6) is 0.110. The zero-order chi connectivity index (χ0) is 13.0.